The van der Waals surface area contributed by atoms with Crippen molar-refractivity contribution in [3.8, 4) is 0 Å². The number of aromatic amines is 1. The molecule has 1 aromatic heterocycles. The van der Waals surface area contributed by atoms with Gasteiger partial charge in [0.1, 0.15) is 0 Å². The van der Waals surface area contributed by atoms with Crippen LogP contribution in [0.4, 0.5) is 0 Å². The molecule has 0 aliphatic carbocycles. The maximum Gasteiger partial charge on any atom is 0.194 e. The number of pyridine rings is 1. The first-order valence-corrected chi connectivity index (χ1v) is 8.34. The number of aryl methyl sites for hydroxylation is 3. The molecular weight excluding hydrogens is 272 g/mol. The van der Waals surface area contributed by atoms with Crippen LogP contribution in [0.15, 0.2) is 16.9 Å². The molecular formula is C19H26N2O. The van der Waals surface area contributed by atoms with Crippen molar-refractivity contribution in [1.82, 2.24) is 9.88 Å². The normalized spacial score (nSPS) is 19.7. The Balaban J connectivity index is 2.10. The lowest BCUT2D eigenvalue weighted by Crippen LogP contribution is -2.38. The molecule has 1 N–H and O–H groups in total. The molecule has 1 aliphatic heterocycles. The van der Waals surface area contributed by atoms with Gasteiger partial charge in [-0.25, -0.2) is 0 Å². The number of H-pyrrole nitrogens is 1. The van der Waals surface area contributed by atoms with E-state index >= 15 is 0 Å². The molecule has 2 heterocycles. The van der Waals surface area contributed by atoms with E-state index in [-0.39, 0.29) is 5.43 Å². The number of benzene rings is 1. The number of fused-ring (bicyclic) bond motifs is 1. The molecule has 118 valence electrons. The van der Waals surface area contributed by atoms with Gasteiger partial charge in [-0.15, -0.1) is 0 Å². The van der Waals surface area contributed by atoms with E-state index in [1.54, 1.807) is 0 Å². The van der Waals surface area contributed by atoms with E-state index in [9.17, 15) is 4.79 Å². The van der Waals surface area contributed by atoms with Gasteiger partial charge in [-0.3, -0.25) is 9.69 Å². The smallest absolute Gasteiger partial charge is 0.194 e. The molecule has 1 fully saturated rings. The number of hydrogen-bond acceptors (Lipinski definition) is 2. The first-order chi connectivity index (χ1) is 10.5. The molecule has 1 aromatic carbocycles. The molecule has 0 saturated carbocycles. The summed E-state index contributed by atoms with van der Waals surface area (Å²) in [6.45, 7) is 10.3. The maximum atomic E-state index is 13.1. The van der Waals surface area contributed by atoms with Crippen LogP contribution in [0.2, 0.25) is 0 Å². The lowest BCUT2D eigenvalue weighted by atomic mass is 9.99. The van der Waals surface area contributed by atoms with Crippen molar-refractivity contribution in [3.63, 3.8) is 0 Å². The summed E-state index contributed by atoms with van der Waals surface area (Å²) in [5.41, 5.74) is 5.37. The quantitative estimate of drug-likeness (QED) is 0.914. The molecule has 3 heteroatoms. The first kappa shape index (κ1) is 15.3. The van der Waals surface area contributed by atoms with Crippen LogP contribution in [0, 0.1) is 20.8 Å². The number of rotatable bonds is 2. The monoisotopic (exact) mass is 298 g/mol. The number of likely N-dealkylation sites (tertiary alicyclic amines) is 1. The average Bonchev–Trinajstić information content (AvgIpc) is 2.49. The average molecular weight is 298 g/mol. The van der Waals surface area contributed by atoms with Crippen molar-refractivity contribution in [3.05, 3.63) is 44.7 Å². The number of piperidine rings is 1. The number of nitrogens with one attached hydrogen (secondary N) is 1. The second kappa shape index (κ2) is 5.88. The standard InChI is InChI=1S/C19H26N2O/c1-12-8-9-13(2)18-17(12)19(22)16(15(4)20-18)11-21-10-6-5-7-14(21)3/h8-9,14H,5-7,10-11H2,1-4H3,(H,20,22)/t14-/m1/s1. The molecule has 0 radical (unpaired) electrons. The Bertz CT molecular complexity index is 760. The Morgan fingerprint density at radius 3 is 2.64 bits per heavy atom. The van der Waals surface area contributed by atoms with Gasteiger partial charge in [0.2, 0.25) is 0 Å². The highest BCUT2D eigenvalue weighted by molar-refractivity contribution is 5.85. The van der Waals surface area contributed by atoms with Crippen LogP contribution in [0.3, 0.4) is 0 Å². The highest BCUT2D eigenvalue weighted by Crippen LogP contribution is 2.22. The van der Waals surface area contributed by atoms with Crippen LogP contribution in [0.5, 0.6) is 0 Å². The van der Waals surface area contributed by atoms with Crippen molar-refractivity contribution in [1.29, 1.82) is 0 Å². The fourth-order valence-corrected chi connectivity index (χ4v) is 3.63. The zero-order valence-electron chi connectivity index (χ0n) is 14.1. The van der Waals surface area contributed by atoms with Crippen molar-refractivity contribution in [2.24, 2.45) is 0 Å². The molecule has 2 aromatic rings. The minimum Gasteiger partial charge on any atom is -0.358 e. The van der Waals surface area contributed by atoms with E-state index in [2.05, 4.69) is 35.9 Å². The van der Waals surface area contributed by atoms with Crippen LogP contribution < -0.4 is 5.43 Å². The zero-order valence-corrected chi connectivity index (χ0v) is 14.1. The van der Waals surface area contributed by atoms with Gasteiger partial charge in [-0.2, -0.15) is 0 Å². The van der Waals surface area contributed by atoms with Gasteiger partial charge in [0.05, 0.1) is 5.52 Å². The highest BCUT2D eigenvalue weighted by atomic mass is 16.1. The summed E-state index contributed by atoms with van der Waals surface area (Å²) >= 11 is 0. The summed E-state index contributed by atoms with van der Waals surface area (Å²) in [6.07, 6.45) is 3.79. The lowest BCUT2D eigenvalue weighted by Gasteiger charge is -2.33. The van der Waals surface area contributed by atoms with Gasteiger partial charge in [0.15, 0.2) is 5.43 Å². The fourth-order valence-electron chi connectivity index (χ4n) is 3.63. The summed E-state index contributed by atoms with van der Waals surface area (Å²) < 4.78 is 0. The Labute approximate surface area is 132 Å². The fraction of sp³-hybridized carbons (Fsp3) is 0.526. The number of aromatic nitrogens is 1. The number of hydrogen-bond donors (Lipinski definition) is 1. The van der Waals surface area contributed by atoms with Crippen LogP contribution in [0.1, 0.15) is 48.6 Å². The van der Waals surface area contributed by atoms with Gasteiger partial charge in [0, 0.05) is 29.2 Å². The minimum atomic E-state index is 0.213. The second-order valence-corrected chi connectivity index (χ2v) is 6.82. The van der Waals surface area contributed by atoms with Crippen molar-refractivity contribution in [2.75, 3.05) is 6.54 Å². The third-order valence-electron chi connectivity index (χ3n) is 5.19. The highest BCUT2D eigenvalue weighted by Gasteiger charge is 2.21. The van der Waals surface area contributed by atoms with Crippen molar-refractivity contribution in [2.45, 2.75) is 59.5 Å². The van der Waals surface area contributed by atoms with Gasteiger partial charge in [-0.05, 0) is 58.2 Å². The summed E-state index contributed by atoms with van der Waals surface area (Å²) in [4.78, 5) is 19.0. The third-order valence-corrected chi connectivity index (χ3v) is 5.19. The summed E-state index contributed by atoms with van der Waals surface area (Å²) in [7, 11) is 0. The van der Waals surface area contributed by atoms with E-state index in [0.29, 0.717) is 6.04 Å². The van der Waals surface area contributed by atoms with E-state index < -0.39 is 0 Å². The summed E-state index contributed by atoms with van der Waals surface area (Å²) in [5.74, 6) is 0. The lowest BCUT2D eigenvalue weighted by molar-refractivity contribution is 0.152. The zero-order chi connectivity index (χ0) is 15.9. The van der Waals surface area contributed by atoms with Crippen LogP contribution in [0.25, 0.3) is 10.9 Å². The third kappa shape index (κ3) is 2.58. The van der Waals surface area contributed by atoms with E-state index in [1.807, 2.05) is 13.8 Å². The molecule has 0 amide bonds. The molecule has 22 heavy (non-hydrogen) atoms. The predicted molar refractivity (Wildman–Crippen MR) is 92.5 cm³/mol. The Morgan fingerprint density at radius 2 is 1.91 bits per heavy atom. The molecule has 0 unspecified atom stereocenters. The predicted octanol–water partition coefficient (Wildman–Crippen LogP) is 3.83. The first-order valence-electron chi connectivity index (χ1n) is 8.34. The molecule has 0 bridgehead atoms. The second-order valence-electron chi connectivity index (χ2n) is 6.82. The Hall–Kier alpha value is -1.61. The molecule has 1 atom stereocenters. The SMILES string of the molecule is Cc1[nH]c2c(C)ccc(C)c2c(=O)c1CN1CCCC[C@H]1C. The number of nitrogens with zero attached hydrogens (tertiary/aromatic N) is 1. The molecule has 3 rings (SSSR count). The van der Waals surface area contributed by atoms with Crippen molar-refractivity contribution >= 4 is 10.9 Å². The van der Waals surface area contributed by atoms with Gasteiger partial charge < -0.3 is 4.98 Å². The summed E-state index contributed by atoms with van der Waals surface area (Å²) in [5, 5.41) is 0.866. The van der Waals surface area contributed by atoms with Crippen LogP contribution >= 0.6 is 0 Å². The Morgan fingerprint density at radius 1 is 1.18 bits per heavy atom. The molecule has 1 aliphatic rings. The topological polar surface area (TPSA) is 36.1 Å². The van der Waals surface area contributed by atoms with Gasteiger partial charge in [0.25, 0.3) is 0 Å². The molecule has 3 nitrogen and oxygen atoms in total. The van der Waals surface area contributed by atoms with Gasteiger partial charge >= 0.3 is 0 Å². The van der Waals surface area contributed by atoms with Gasteiger partial charge in [-0.1, -0.05) is 18.6 Å². The minimum absolute atomic E-state index is 0.213. The summed E-state index contributed by atoms with van der Waals surface area (Å²) in [6, 6.07) is 4.71. The van der Waals surface area contributed by atoms with Crippen molar-refractivity contribution < 1.29 is 0 Å². The van der Waals surface area contributed by atoms with Crippen LogP contribution in [-0.2, 0) is 6.54 Å². The molecule has 1 saturated heterocycles. The van der Waals surface area contributed by atoms with E-state index in [0.717, 1.165) is 46.4 Å². The molecule has 0 spiro atoms. The van der Waals surface area contributed by atoms with Crippen LogP contribution in [-0.4, -0.2) is 22.5 Å². The maximum absolute atomic E-state index is 13.1. The Kier molecular flexibility index (Phi) is 4.09. The largest absolute Gasteiger partial charge is 0.358 e. The van der Waals surface area contributed by atoms with E-state index in [4.69, 9.17) is 0 Å². The van der Waals surface area contributed by atoms with E-state index in [1.165, 1.54) is 19.3 Å².